The van der Waals surface area contributed by atoms with Crippen molar-refractivity contribution in [2.75, 3.05) is 14.2 Å². The molecule has 0 aliphatic rings. The summed E-state index contributed by atoms with van der Waals surface area (Å²) in [6, 6.07) is 12.5. The van der Waals surface area contributed by atoms with E-state index >= 15 is 0 Å². The minimum absolute atomic E-state index is 0.425. The zero-order chi connectivity index (χ0) is 33.1. The standard InChI is InChI=1S/C36H46Cl2N6O2/c1-7-13-23(9-3)39-21-31-35(45-5)43-29(19-41-31)27-17-11-15-25(33(27)37)26-16-12-18-28(34(26)38)30-20-42-32(36(44-30)46-6)22-40-24(10-4)14-8-2/h11-12,15-20,23-24,39-40H,7-10,13-14,21-22H2,1-6H3/t23-,24-/m1/s1. The Kier molecular flexibility index (Phi) is 13.6. The molecule has 2 aromatic carbocycles. The summed E-state index contributed by atoms with van der Waals surface area (Å²) in [4.78, 5) is 19.0. The number of aromatic nitrogens is 4. The molecular formula is C36H46Cl2N6O2. The SMILES string of the molecule is CCC[C@@H](CC)NCc1ncc(-c2cccc(-c3cccc(-c4cnc(CN[C@H](CC)CCC)c(OC)n4)c3Cl)c2Cl)nc1OC. The van der Waals surface area contributed by atoms with Crippen LogP contribution in [0.15, 0.2) is 48.8 Å². The molecule has 4 aromatic rings. The van der Waals surface area contributed by atoms with Crippen LogP contribution in [0.2, 0.25) is 10.0 Å². The Morgan fingerprint density at radius 3 is 1.37 bits per heavy atom. The number of halogens is 2. The third-order valence-electron chi connectivity index (χ3n) is 8.23. The fourth-order valence-electron chi connectivity index (χ4n) is 5.58. The molecule has 2 atom stereocenters. The average Bonchev–Trinajstić information content (AvgIpc) is 3.08. The van der Waals surface area contributed by atoms with Gasteiger partial charge in [0.05, 0.1) is 48.0 Å². The summed E-state index contributed by atoms with van der Waals surface area (Å²) in [6.07, 6.45) is 10.1. The Hall–Kier alpha value is -3.30. The molecule has 0 aliphatic carbocycles. The van der Waals surface area contributed by atoms with E-state index in [1.165, 1.54) is 0 Å². The van der Waals surface area contributed by atoms with E-state index in [1.54, 1.807) is 26.6 Å². The molecule has 0 saturated heterocycles. The smallest absolute Gasteiger partial charge is 0.237 e. The topological polar surface area (TPSA) is 94.1 Å². The first-order valence-electron chi connectivity index (χ1n) is 16.2. The van der Waals surface area contributed by atoms with E-state index in [0.29, 0.717) is 58.4 Å². The normalized spacial score (nSPS) is 12.6. The van der Waals surface area contributed by atoms with Crippen LogP contribution >= 0.6 is 23.2 Å². The largest absolute Gasteiger partial charge is 0.480 e. The summed E-state index contributed by atoms with van der Waals surface area (Å²) < 4.78 is 11.3. The molecule has 2 N–H and O–H groups in total. The van der Waals surface area contributed by atoms with Gasteiger partial charge in [0.2, 0.25) is 11.8 Å². The van der Waals surface area contributed by atoms with Crippen molar-refractivity contribution in [1.82, 2.24) is 30.6 Å². The highest BCUT2D eigenvalue weighted by atomic mass is 35.5. The van der Waals surface area contributed by atoms with Gasteiger partial charge in [0.15, 0.2) is 0 Å². The van der Waals surface area contributed by atoms with Crippen molar-refractivity contribution in [3.63, 3.8) is 0 Å². The maximum absolute atomic E-state index is 7.07. The van der Waals surface area contributed by atoms with Crippen LogP contribution in [0.25, 0.3) is 33.6 Å². The molecule has 0 radical (unpaired) electrons. The number of hydrogen-bond acceptors (Lipinski definition) is 8. The van der Waals surface area contributed by atoms with Crippen molar-refractivity contribution in [2.24, 2.45) is 0 Å². The van der Waals surface area contributed by atoms with Gasteiger partial charge < -0.3 is 20.1 Å². The Labute approximate surface area is 283 Å². The van der Waals surface area contributed by atoms with E-state index in [4.69, 9.17) is 52.6 Å². The second-order valence-corrected chi connectivity index (χ2v) is 12.1. The van der Waals surface area contributed by atoms with Gasteiger partial charge in [-0.2, -0.15) is 0 Å². The Morgan fingerprint density at radius 2 is 1.02 bits per heavy atom. The maximum Gasteiger partial charge on any atom is 0.237 e. The summed E-state index contributed by atoms with van der Waals surface area (Å²) in [6.45, 7) is 9.91. The van der Waals surface area contributed by atoms with Gasteiger partial charge in [-0.25, -0.2) is 9.97 Å². The van der Waals surface area contributed by atoms with Crippen LogP contribution in [-0.4, -0.2) is 46.2 Å². The molecule has 46 heavy (non-hydrogen) atoms. The van der Waals surface area contributed by atoms with Crippen LogP contribution in [-0.2, 0) is 13.1 Å². The highest BCUT2D eigenvalue weighted by molar-refractivity contribution is 6.39. The van der Waals surface area contributed by atoms with Gasteiger partial charge in [-0.15, -0.1) is 0 Å². The molecule has 246 valence electrons. The van der Waals surface area contributed by atoms with Gasteiger partial charge in [-0.3, -0.25) is 9.97 Å². The molecule has 0 spiro atoms. The van der Waals surface area contributed by atoms with Gasteiger partial charge in [0, 0.05) is 47.4 Å². The second kappa shape index (κ2) is 17.6. The molecular weight excluding hydrogens is 619 g/mol. The number of nitrogens with one attached hydrogen (secondary N) is 2. The molecule has 2 heterocycles. The van der Waals surface area contributed by atoms with Crippen LogP contribution in [0.5, 0.6) is 11.8 Å². The molecule has 10 heteroatoms. The zero-order valence-electron chi connectivity index (χ0n) is 27.8. The van der Waals surface area contributed by atoms with Gasteiger partial charge in [-0.1, -0.05) is 100 Å². The maximum atomic E-state index is 7.07. The molecule has 0 unspecified atom stereocenters. The first-order valence-corrected chi connectivity index (χ1v) is 17.0. The first kappa shape index (κ1) is 35.6. The fourth-order valence-corrected chi connectivity index (χ4v) is 6.23. The minimum atomic E-state index is 0.425. The first-order chi connectivity index (χ1) is 22.4. The molecule has 8 nitrogen and oxygen atoms in total. The second-order valence-electron chi connectivity index (χ2n) is 11.3. The number of hydrogen-bond donors (Lipinski definition) is 2. The summed E-state index contributed by atoms with van der Waals surface area (Å²) in [5.74, 6) is 0.944. The van der Waals surface area contributed by atoms with Gasteiger partial charge in [-0.05, 0) is 25.7 Å². The Bertz CT molecular complexity index is 1470. The number of benzene rings is 2. The highest BCUT2D eigenvalue weighted by Crippen LogP contribution is 2.42. The van der Waals surface area contributed by atoms with E-state index in [-0.39, 0.29) is 0 Å². The van der Waals surface area contributed by atoms with E-state index in [2.05, 4.69) is 38.3 Å². The van der Waals surface area contributed by atoms with Crippen molar-refractivity contribution in [3.8, 4) is 45.4 Å². The number of rotatable bonds is 17. The van der Waals surface area contributed by atoms with Crippen LogP contribution in [0.4, 0.5) is 0 Å². The predicted octanol–water partition coefficient (Wildman–Crippen LogP) is 8.93. The number of nitrogens with zero attached hydrogens (tertiary/aromatic N) is 4. The summed E-state index contributed by atoms with van der Waals surface area (Å²) in [7, 11) is 3.22. The quantitative estimate of drug-likeness (QED) is 0.116. The van der Waals surface area contributed by atoms with E-state index in [1.807, 2.05) is 36.4 Å². The summed E-state index contributed by atoms with van der Waals surface area (Å²) >= 11 is 14.1. The van der Waals surface area contributed by atoms with Crippen molar-refractivity contribution in [2.45, 2.75) is 91.4 Å². The highest BCUT2D eigenvalue weighted by Gasteiger charge is 2.19. The van der Waals surface area contributed by atoms with Crippen molar-refractivity contribution >= 4 is 23.2 Å². The number of ether oxygens (including phenoxy) is 2. The molecule has 0 fully saturated rings. The van der Waals surface area contributed by atoms with E-state index in [9.17, 15) is 0 Å². The molecule has 0 amide bonds. The summed E-state index contributed by atoms with van der Waals surface area (Å²) in [5, 5.41) is 8.17. The minimum Gasteiger partial charge on any atom is -0.480 e. The van der Waals surface area contributed by atoms with E-state index in [0.717, 1.165) is 72.2 Å². The lowest BCUT2D eigenvalue weighted by Crippen LogP contribution is -2.28. The van der Waals surface area contributed by atoms with Gasteiger partial charge >= 0.3 is 0 Å². The predicted molar refractivity (Wildman–Crippen MR) is 189 cm³/mol. The summed E-state index contributed by atoms with van der Waals surface area (Å²) in [5.41, 5.74) is 5.75. The Morgan fingerprint density at radius 1 is 0.630 bits per heavy atom. The monoisotopic (exact) mass is 664 g/mol. The van der Waals surface area contributed by atoms with Crippen molar-refractivity contribution in [1.29, 1.82) is 0 Å². The lowest BCUT2D eigenvalue weighted by Gasteiger charge is -2.17. The van der Waals surface area contributed by atoms with Gasteiger partial charge in [0.1, 0.15) is 11.4 Å². The fraction of sp³-hybridized carbons (Fsp3) is 0.444. The molecule has 2 aromatic heterocycles. The van der Waals surface area contributed by atoms with E-state index < -0.39 is 0 Å². The lowest BCUT2D eigenvalue weighted by atomic mass is 9.98. The van der Waals surface area contributed by atoms with Crippen molar-refractivity contribution < 1.29 is 9.47 Å². The van der Waals surface area contributed by atoms with Crippen LogP contribution < -0.4 is 20.1 Å². The molecule has 4 rings (SSSR count). The number of methoxy groups -OCH3 is 2. The molecule has 0 saturated carbocycles. The Balaban J connectivity index is 1.63. The van der Waals surface area contributed by atoms with Crippen LogP contribution in [0, 0.1) is 0 Å². The van der Waals surface area contributed by atoms with Crippen LogP contribution in [0.1, 0.15) is 77.6 Å². The van der Waals surface area contributed by atoms with Crippen LogP contribution in [0.3, 0.4) is 0 Å². The average molecular weight is 666 g/mol. The third-order valence-corrected chi connectivity index (χ3v) is 9.04. The molecule has 0 bridgehead atoms. The lowest BCUT2D eigenvalue weighted by molar-refractivity contribution is 0.382. The molecule has 0 aliphatic heterocycles. The third kappa shape index (κ3) is 8.53. The zero-order valence-corrected chi connectivity index (χ0v) is 29.3. The van der Waals surface area contributed by atoms with Gasteiger partial charge in [0.25, 0.3) is 0 Å². The van der Waals surface area contributed by atoms with Crippen molar-refractivity contribution in [3.05, 3.63) is 70.2 Å².